The minimum atomic E-state index is -5.08. The Kier molecular flexibility index (Phi) is 11.8. The maximum Gasteiger partial charge on any atom is 0.490 e. The maximum atomic E-state index is 14.1. The van der Waals surface area contributed by atoms with E-state index in [1.165, 1.54) is 16.6 Å². The smallest absolute Gasteiger partial charge is 0.475 e. The van der Waals surface area contributed by atoms with Gasteiger partial charge >= 0.3 is 12.1 Å². The largest absolute Gasteiger partial charge is 0.490 e. The second-order valence-corrected chi connectivity index (χ2v) is 12.8. The lowest BCUT2D eigenvalue weighted by Crippen LogP contribution is -2.42. The average molecular weight is 680 g/mol. The van der Waals surface area contributed by atoms with Crippen LogP contribution in [0.2, 0.25) is 0 Å². The van der Waals surface area contributed by atoms with Crippen LogP contribution in [0, 0.1) is 11.6 Å². The Labute approximate surface area is 259 Å². The summed E-state index contributed by atoms with van der Waals surface area (Å²) in [7, 11) is 0.222. The number of hydrogen-bond donors (Lipinski definition) is 4. The number of carboxylic acids is 1. The summed E-state index contributed by atoms with van der Waals surface area (Å²) in [6.45, 7) is 2.05. The molecule has 2 aromatic heterocycles. The summed E-state index contributed by atoms with van der Waals surface area (Å²) < 4.78 is 87.4. The quantitative estimate of drug-likeness (QED) is 0.183. The normalized spacial score (nSPS) is 14.5. The molecule has 3 heterocycles. The van der Waals surface area contributed by atoms with Crippen molar-refractivity contribution in [1.29, 1.82) is 0 Å². The first-order valence-electron chi connectivity index (χ1n) is 13.2. The van der Waals surface area contributed by atoms with Crippen LogP contribution in [0.5, 0.6) is 0 Å². The van der Waals surface area contributed by atoms with E-state index >= 15 is 0 Å². The Balaban J connectivity index is 0.000000707. The highest BCUT2D eigenvalue weighted by Crippen LogP contribution is 2.31. The molecule has 1 aliphatic rings. The molecule has 12 nitrogen and oxygen atoms in total. The lowest BCUT2D eigenvalue weighted by molar-refractivity contribution is -0.192. The Morgan fingerprint density at radius 1 is 1.13 bits per heavy atom. The van der Waals surface area contributed by atoms with Crippen LogP contribution < -0.4 is 16.4 Å². The highest BCUT2D eigenvalue weighted by atomic mass is 32.2. The molecule has 1 fully saturated rings. The highest BCUT2D eigenvalue weighted by molar-refractivity contribution is 7.89. The minimum Gasteiger partial charge on any atom is -0.475 e. The van der Waals surface area contributed by atoms with E-state index in [0.29, 0.717) is 30.3 Å². The van der Waals surface area contributed by atoms with Gasteiger partial charge in [-0.3, -0.25) is 4.79 Å². The van der Waals surface area contributed by atoms with Gasteiger partial charge in [0.1, 0.15) is 33.0 Å². The summed E-state index contributed by atoms with van der Waals surface area (Å²) in [5.74, 6) is -5.11. The predicted molar refractivity (Wildman–Crippen MR) is 157 cm³/mol. The fraction of sp³-hybridized carbons (Fsp3) is 0.385. The van der Waals surface area contributed by atoms with E-state index in [4.69, 9.17) is 15.6 Å². The highest BCUT2D eigenvalue weighted by Gasteiger charge is 2.38. The number of nitrogen functional groups attached to an aromatic ring is 1. The SMILES string of the molecule is CN(C)CCNc1ccc(S(=O)(=O)N2CCC(Nc3nc(N)c(C(=O)c4c(F)cccc4F)s3)CC2)cn1.O=C(O)C(F)(F)F. The Morgan fingerprint density at radius 3 is 2.24 bits per heavy atom. The van der Waals surface area contributed by atoms with E-state index in [9.17, 15) is 35.2 Å². The third-order valence-corrected chi connectivity index (χ3v) is 9.20. The van der Waals surface area contributed by atoms with Gasteiger partial charge in [0.05, 0.1) is 5.56 Å². The van der Waals surface area contributed by atoms with Crippen LogP contribution in [0.4, 0.5) is 38.7 Å². The molecular formula is C26H30F5N7O5S2. The molecule has 0 saturated carbocycles. The molecule has 246 valence electrons. The van der Waals surface area contributed by atoms with E-state index in [0.717, 1.165) is 30.0 Å². The van der Waals surface area contributed by atoms with Gasteiger partial charge in [-0.05, 0) is 51.2 Å². The molecule has 0 bridgehead atoms. The number of piperidine rings is 1. The molecule has 0 atom stereocenters. The van der Waals surface area contributed by atoms with Crippen molar-refractivity contribution in [2.45, 2.75) is 30.0 Å². The number of sulfonamides is 1. The lowest BCUT2D eigenvalue weighted by atomic mass is 10.1. The van der Waals surface area contributed by atoms with Crippen molar-refractivity contribution < 1.29 is 45.1 Å². The first-order chi connectivity index (χ1) is 21.0. The van der Waals surface area contributed by atoms with Gasteiger partial charge in [0, 0.05) is 38.4 Å². The molecule has 1 aromatic carbocycles. The van der Waals surface area contributed by atoms with E-state index in [-0.39, 0.29) is 34.7 Å². The van der Waals surface area contributed by atoms with Crippen LogP contribution >= 0.6 is 11.3 Å². The number of nitrogens with two attached hydrogens (primary N) is 1. The maximum absolute atomic E-state index is 14.1. The number of benzene rings is 1. The van der Waals surface area contributed by atoms with Crippen LogP contribution in [-0.2, 0) is 14.8 Å². The average Bonchev–Trinajstić information content (AvgIpc) is 3.32. The monoisotopic (exact) mass is 679 g/mol. The predicted octanol–water partition coefficient (Wildman–Crippen LogP) is 3.50. The van der Waals surface area contributed by atoms with Gasteiger partial charge in [-0.25, -0.2) is 32.0 Å². The van der Waals surface area contributed by atoms with Crippen LogP contribution in [0.15, 0.2) is 41.4 Å². The molecule has 5 N–H and O–H groups in total. The second kappa shape index (κ2) is 14.9. The van der Waals surface area contributed by atoms with Gasteiger partial charge < -0.3 is 26.4 Å². The van der Waals surface area contributed by atoms with E-state index < -0.39 is 45.2 Å². The number of thiazole rings is 1. The summed E-state index contributed by atoms with van der Waals surface area (Å²) in [4.78, 5) is 32.0. The summed E-state index contributed by atoms with van der Waals surface area (Å²) in [6.07, 6.45) is -2.75. The number of pyridine rings is 1. The molecule has 0 amide bonds. The zero-order valence-corrected chi connectivity index (χ0v) is 25.6. The number of nitrogens with one attached hydrogen (secondary N) is 2. The first-order valence-corrected chi connectivity index (χ1v) is 15.4. The second-order valence-electron chi connectivity index (χ2n) is 9.89. The fourth-order valence-corrected chi connectivity index (χ4v) is 6.32. The first kappa shape index (κ1) is 35.5. The van der Waals surface area contributed by atoms with Gasteiger partial charge in [0.25, 0.3) is 0 Å². The number of carbonyl (C=O) groups excluding carboxylic acids is 1. The number of alkyl halides is 3. The molecule has 3 aromatic rings. The van der Waals surface area contributed by atoms with E-state index in [1.807, 2.05) is 19.0 Å². The van der Waals surface area contributed by atoms with Crippen molar-refractivity contribution in [1.82, 2.24) is 19.2 Å². The number of rotatable bonds is 10. The number of ketones is 1. The standard InChI is InChI=1S/C24H29F2N7O3S2.C2HF3O2/c1-32(2)13-10-28-19-7-6-16(14-29-19)38(35,36)33-11-8-15(9-12-33)30-24-31-23(27)22(37-24)21(34)20-17(25)4-3-5-18(20)26;3-2(4,5)1(6)7/h3-7,14-15H,8-13,27H2,1-2H3,(H,28,29)(H,30,31);(H,6,7). The number of nitrogens with zero attached hydrogens (tertiary/aromatic N) is 4. The molecule has 0 aliphatic carbocycles. The molecule has 0 spiro atoms. The summed E-state index contributed by atoms with van der Waals surface area (Å²) in [5, 5.41) is 13.8. The van der Waals surface area contributed by atoms with E-state index in [1.54, 1.807) is 12.1 Å². The van der Waals surface area contributed by atoms with Gasteiger partial charge in [-0.2, -0.15) is 17.5 Å². The summed E-state index contributed by atoms with van der Waals surface area (Å²) in [5.41, 5.74) is 5.19. The minimum absolute atomic E-state index is 0.0661. The number of likely N-dealkylation sites (N-methyl/N-ethyl adjacent to an activating group) is 1. The molecule has 4 rings (SSSR count). The molecule has 1 saturated heterocycles. The summed E-state index contributed by atoms with van der Waals surface area (Å²) in [6, 6.07) is 6.25. The summed E-state index contributed by atoms with van der Waals surface area (Å²) >= 11 is 0.906. The van der Waals surface area contributed by atoms with Crippen molar-refractivity contribution in [2.24, 2.45) is 0 Å². The van der Waals surface area contributed by atoms with Crippen molar-refractivity contribution in [3.05, 3.63) is 58.6 Å². The van der Waals surface area contributed by atoms with Crippen LogP contribution in [0.3, 0.4) is 0 Å². The third-order valence-electron chi connectivity index (χ3n) is 6.31. The Hall–Kier alpha value is -3.94. The number of anilines is 3. The van der Waals surface area contributed by atoms with Crippen molar-refractivity contribution in [3.8, 4) is 0 Å². The van der Waals surface area contributed by atoms with Crippen molar-refractivity contribution in [2.75, 3.05) is 56.6 Å². The molecule has 0 unspecified atom stereocenters. The fourth-order valence-electron chi connectivity index (χ4n) is 3.99. The van der Waals surface area contributed by atoms with Crippen molar-refractivity contribution in [3.63, 3.8) is 0 Å². The number of aliphatic carboxylic acids is 1. The molecular weight excluding hydrogens is 649 g/mol. The van der Waals surface area contributed by atoms with E-state index in [2.05, 4.69) is 20.6 Å². The zero-order valence-electron chi connectivity index (χ0n) is 23.9. The Bertz CT molecular complexity index is 1570. The van der Waals surface area contributed by atoms with Crippen molar-refractivity contribution >= 4 is 49.9 Å². The van der Waals surface area contributed by atoms with Gasteiger partial charge in [0.2, 0.25) is 15.8 Å². The van der Waals surface area contributed by atoms with Gasteiger partial charge in [0.15, 0.2) is 5.13 Å². The molecule has 1 aliphatic heterocycles. The van der Waals surface area contributed by atoms with Crippen LogP contribution in [-0.4, -0.2) is 96.9 Å². The number of carboxylic acid groups (broad SMARTS) is 1. The number of carbonyl (C=O) groups is 2. The topological polar surface area (TPSA) is 171 Å². The Morgan fingerprint density at radius 2 is 1.73 bits per heavy atom. The lowest BCUT2D eigenvalue weighted by Gasteiger charge is -2.31. The molecule has 19 heteroatoms. The number of aromatic nitrogens is 2. The van der Waals surface area contributed by atoms with Gasteiger partial charge in [-0.15, -0.1) is 0 Å². The van der Waals surface area contributed by atoms with Gasteiger partial charge in [-0.1, -0.05) is 17.4 Å². The van der Waals surface area contributed by atoms with Crippen LogP contribution in [0.25, 0.3) is 0 Å². The van der Waals surface area contributed by atoms with Crippen LogP contribution in [0.1, 0.15) is 28.1 Å². The molecule has 45 heavy (non-hydrogen) atoms. The number of hydrogen-bond acceptors (Lipinski definition) is 11. The zero-order chi connectivity index (χ0) is 33.5. The number of halogens is 5. The molecule has 0 radical (unpaired) electrons. The third kappa shape index (κ3) is 9.52.